The van der Waals surface area contributed by atoms with Gasteiger partial charge < -0.3 is 15.2 Å². The first kappa shape index (κ1) is 16.0. The van der Waals surface area contributed by atoms with Crippen molar-refractivity contribution in [1.82, 2.24) is 20.8 Å². The van der Waals surface area contributed by atoms with Crippen LogP contribution in [0.1, 0.15) is 30.6 Å². The van der Waals surface area contributed by atoms with Crippen molar-refractivity contribution >= 4 is 5.96 Å². The van der Waals surface area contributed by atoms with Crippen molar-refractivity contribution in [3.05, 3.63) is 47.6 Å². The van der Waals surface area contributed by atoms with Crippen molar-refractivity contribution in [2.75, 3.05) is 13.1 Å². The highest BCUT2D eigenvalue weighted by atomic mass is 16.5. The minimum atomic E-state index is 0.666. The Morgan fingerprint density at radius 3 is 2.73 bits per heavy atom. The lowest BCUT2D eigenvalue weighted by molar-refractivity contribution is 0.372. The maximum Gasteiger partial charge on any atom is 0.226 e. The Kier molecular flexibility index (Phi) is 6.41. The molecule has 0 bridgehead atoms. The molecule has 0 unspecified atom stereocenters. The third-order valence-electron chi connectivity index (χ3n) is 3.04. The van der Waals surface area contributed by atoms with E-state index in [0.717, 1.165) is 31.9 Å². The van der Waals surface area contributed by atoms with Gasteiger partial charge in [0.15, 0.2) is 11.8 Å². The molecule has 0 amide bonds. The fourth-order valence-corrected chi connectivity index (χ4v) is 1.98. The van der Waals surface area contributed by atoms with E-state index in [2.05, 4.69) is 44.8 Å². The molecule has 0 saturated carbocycles. The van der Waals surface area contributed by atoms with Crippen molar-refractivity contribution in [3.8, 4) is 0 Å². The van der Waals surface area contributed by atoms with E-state index in [-0.39, 0.29) is 0 Å². The smallest absolute Gasteiger partial charge is 0.226 e. The van der Waals surface area contributed by atoms with Gasteiger partial charge in [-0.1, -0.05) is 35.5 Å². The van der Waals surface area contributed by atoms with E-state index in [1.165, 1.54) is 5.56 Å². The molecular formula is C16H23N5O. The Morgan fingerprint density at radius 1 is 1.23 bits per heavy atom. The molecule has 6 heteroatoms. The topological polar surface area (TPSA) is 75.3 Å². The number of nitrogens with one attached hydrogen (secondary N) is 2. The highest BCUT2D eigenvalue weighted by Crippen LogP contribution is 2.01. The quantitative estimate of drug-likeness (QED) is 0.465. The summed E-state index contributed by atoms with van der Waals surface area (Å²) in [5.74, 6) is 2.19. The summed E-state index contributed by atoms with van der Waals surface area (Å²) in [6.45, 7) is 6.19. The molecule has 0 aliphatic rings. The van der Waals surface area contributed by atoms with Crippen LogP contribution in [0, 0.1) is 6.92 Å². The highest BCUT2D eigenvalue weighted by Gasteiger charge is 2.02. The number of benzene rings is 1. The molecule has 22 heavy (non-hydrogen) atoms. The average molecular weight is 301 g/mol. The molecule has 0 saturated heterocycles. The average Bonchev–Trinajstić information content (AvgIpc) is 2.95. The zero-order valence-electron chi connectivity index (χ0n) is 13.2. The van der Waals surface area contributed by atoms with E-state index in [1.807, 2.05) is 25.1 Å². The maximum absolute atomic E-state index is 5.09. The van der Waals surface area contributed by atoms with Crippen LogP contribution in [0.15, 0.2) is 39.8 Å². The van der Waals surface area contributed by atoms with Crippen LogP contribution in [0.4, 0.5) is 0 Å². The van der Waals surface area contributed by atoms with Gasteiger partial charge in [-0.2, -0.15) is 4.98 Å². The van der Waals surface area contributed by atoms with Crippen LogP contribution in [0.25, 0.3) is 0 Å². The second-order valence-electron chi connectivity index (χ2n) is 4.95. The molecule has 0 atom stereocenters. The summed E-state index contributed by atoms with van der Waals surface area (Å²) in [6.07, 6.45) is 1.68. The van der Waals surface area contributed by atoms with Crippen molar-refractivity contribution in [3.63, 3.8) is 0 Å². The van der Waals surface area contributed by atoms with Gasteiger partial charge in [-0.25, -0.2) is 4.99 Å². The number of nitrogens with zero attached hydrogens (tertiary/aromatic N) is 3. The lowest BCUT2D eigenvalue weighted by Crippen LogP contribution is -2.37. The lowest BCUT2D eigenvalue weighted by atomic mass is 10.2. The van der Waals surface area contributed by atoms with Gasteiger partial charge in [0, 0.05) is 19.5 Å². The molecular weight excluding hydrogens is 278 g/mol. The van der Waals surface area contributed by atoms with E-state index in [4.69, 9.17) is 4.52 Å². The van der Waals surface area contributed by atoms with Crippen molar-refractivity contribution < 1.29 is 4.52 Å². The van der Waals surface area contributed by atoms with Crippen molar-refractivity contribution in [1.29, 1.82) is 0 Å². The number of rotatable bonds is 7. The van der Waals surface area contributed by atoms with E-state index in [1.54, 1.807) is 0 Å². The highest BCUT2D eigenvalue weighted by molar-refractivity contribution is 5.79. The molecule has 118 valence electrons. The molecule has 2 N–H and O–H groups in total. The minimum absolute atomic E-state index is 0.666. The van der Waals surface area contributed by atoms with Crippen LogP contribution < -0.4 is 10.6 Å². The van der Waals surface area contributed by atoms with Crippen LogP contribution in [-0.2, 0) is 13.0 Å². The molecule has 0 aliphatic carbocycles. The van der Waals surface area contributed by atoms with Crippen LogP contribution in [0.2, 0.25) is 0 Å². The molecule has 1 aromatic heterocycles. The van der Waals surface area contributed by atoms with Crippen LogP contribution in [-0.4, -0.2) is 29.2 Å². The molecule has 0 spiro atoms. The molecule has 1 aromatic carbocycles. The van der Waals surface area contributed by atoms with Gasteiger partial charge in [-0.3, -0.25) is 0 Å². The number of guanidine groups is 1. The summed E-state index contributed by atoms with van der Waals surface area (Å²) in [5.41, 5.74) is 1.20. The maximum atomic E-state index is 5.09. The number of aryl methyl sites for hydroxylation is 2. The van der Waals surface area contributed by atoms with Crippen LogP contribution in [0.3, 0.4) is 0 Å². The molecule has 0 radical (unpaired) electrons. The summed E-state index contributed by atoms with van der Waals surface area (Å²) in [7, 11) is 0. The van der Waals surface area contributed by atoms with Gasteiger partial charge >= 0.3 is 0 Å². The van der Waals surface area contributed by atoms with Gasteiger partial charge in [0.25, 0.3) is 0 Å². The van der Waals surface area contributed by atoms with E-state index >= 15 is 0 Å². The first-order valence-corrected chi connectivity index (χ1v) is 7.63. The second kappa shape index (κ2) is 8.81. The summed E-state index contributed by atoms with van der Waals surface area (Å²) < 4.78 is 5.09. The number of hydrogen-bond donors (Lipinski definition) is 2. The summed E-state index contributed by atoms with van der Waals surface area (Å²) in [6, 6.07) is 10.2. The van der Waals surface area contributed by atoms with E-state index < -0.39 is 0 Å². The predicted octanol–water partition coefficient (Wildman–Crippen LogP) is 2.07. The second-order valence-corrected chi connectivity index (χ2v) is 4.95. The SMILES string of the molecule is CCNC(=NCc1ccccc1)NCCCc1nc(C)no1. The number of aliphatic imine (C=N–C) groups is 1. The molecule has 0 fully saturated rings. The normalized spacial score (nSPS) is 11.5. The third kappa shape index (κ3) is 5.55. The van der Waals surface area contributed by atoms with Crippen LogP contribution in [0.5, 0.6) is 0 Å². The molecule has 6 nitrogen and oxygen atoms in total. The van der Waals surface area contributed by atoms with Crippen LogP contribution >= 0.6 is 0 Å². The van der Waals surface area contributed by atoms with Gasteiger partial charge in [-0.05, 0) is 25.8 Å². The predicted molar refractivity (Wildman–Crippen MR) is 86.6 cm³/mol. The van der Waals surface area contributed by atoms with Gasteiger partial charge in [0.05, 0.1) is 6.54 Å². The Morgan fingerprint density at radius 2 is 2.05 bits per heavy atom. The fraction of sp³-hybridized carbons (Fsp3) is 0.438. The molecule has 2 rings (SSSR count). The summed E-state index contributed by atoms with van der Waals surface area (Å²) in [5, 5.41) is 10.3. The minimum Gasteiger partial charge on any atom is -0.357 e. The first-order valence-electron chi connectivity index (χ1n) is 7.63. The monoisotopic (exact) mass is 301 g/mol. The van der Waals surface area contributed by atoms with Gasteiger partial charge in [0.1, 0.15) is 0 Å². The zero-order chi connectivity index (χ0) is 15.6. The summed E-state index contributed by atoms with van der Waals surface area (Å²) >= 11 is 0. The Labute approximate surface area is 131 Å². The summed E-state index contributed by atoms with van der Waals surface area (Å²) in [4.78, 5) is 8.76. The standard InChI is InChI=1S/C16H23N5O/c1-3-17-16(19-12-14-8-5-4-6-9-14)18-11-7-10-15-20-13(2)21-22-15/h4-6,8-9H,3,7,10-12H2,1-2H3,(H2,17,18,19). The molecule has 1 heterocycles. The third-order valence-corrected chi connectivity index (χ3v) is 3.04. The van der Waals surface area contributed by atoms with Gasteiger partial charge in [-0.15, -0.1) is 0 Å². The lowest BCUT2D eigenvalue weighted by Gasteiger charge is -2.10. The molecule has 2 aromatic rings. The van der Waals surface area contributed by atoms with E-state index in [0.29, 0.717) is 18.3 Å². The van der Waals surface area contributed by atoms with Crippen molar-refractivity contribution in [2.24, 2.45) is 4.99 Å². The first-order chi connectivity index (χ1) is 10.8. The molecule has 0 aliphatic heterocycles. The largest absolute Gasteiger partial charge is 0.357 e. The zero-order valence-corrected chi connectivity index (χ0v) is 13.2. The number of hydrogen-bond acceptors (Lipinski definition) is 4. The Hall–Kier alpha value is -2.37. The van der Waals surface area contributed by atoms with Gasteiger partial charge in [0.2, 0.25) is 5.89 Å². The Balaban J connectivity index is 1.76. The van der Waals surface area contributed by atoms with E-state index in [9.17, 15) is 0 Å². The van der Waals surface area contributed by atoms with Crippen molar-refractivity contribution in [2.45, 2.75) is 33.2 Å². The fourth-order valence-electron chi connectivity index (χ4n) is 1.98. The Bertz CT molecular complexity index is 579. The number of aromatic nitrogens is 2.